The minimum atomic E-state index is -5.71. The number of hydrogen-bond donors (Lipinski definition) is 0. The van der Waals surface area contributed by atoms with Crippen LogP contribution in [-0.2, 0) is 0 Å². The molecule has 0 nitrogen and oxygen atoms in total. The van der Waals surface area contributed by atoms with Crippen LogP contribution in [0.15, 0.2) is 10.1 Å². The monoisotopic (exact) mass is 228 g/mol. The largest absolute Gasteiger partial charge is 0.459 e. The van der Waals surface area contributed by atoms with Crippen molar-refractivity contribution in [1.29, 1.82) is 0 Å². The van der Waals surface area contributed by atoms with Crippen molar-refractivity contribution in [2.24, 2.45) is 0 Å². The number of hydrogen-bond acceptors (Lipinski definition) is 0. The highest BCUT2D eigenvalue weighted by Gasteiger charge is 2.60. The van der Waals surface area contributed by atoms with Gasteiger partial charge in [0.2, 0.25) is 0 Å². The van der Waals surface area contributed by atoms with Crippen LogP contribution in [0.4, 0.5) is 22.0 Å². The topological polar surface area (TPSA) is 0 Å². The minimum absolute atomic E-state index is 0.779. The lowest BCUT2D eigenvalue weighted by Gasteiger charge is -2.18. The van der Waals surface area contributed by atoms with Crippen molar-refractivity contribution >= 4 is 23.2 Å². The summed E-state index contributed by atoms with van der Waals surface area (Å²) in [7, 11) is 0. The average molecular weight is 229 g/mol. The Kier molecular flexibility index (Phi) is 3.37. The van der Waals surface area contributed by atoms with Crippen LogP contribution in [0.5, 0.6) is 0 Å². The maximum Gasteiger partial charge on any atom is 0.459 e. The van der Waals surface area contributed by atoms with E-state index in [-0.39, 0.29) is 0 Å². The second-order valence-electron chi connectivity index (χ2n) is 1.92. The summed E-state index contributed by atoms with van der Waals surface area (Å²) in [6.07, 6.45) is -5.71. The fraction of sp³-hybridized carbons (Fsp3) is 0.600. The number of rotatable bonds is 1. The summed E-state index contributed by atoms with van der Waals surface area (Å²) in [6.45, 7) is 0.851. The third-order valence-electron chi connectivity index (χ3n) is 0.934. The van der Waals surface area contributed by atoms with Gasteiger partial charge in [0, 0.05) is 5.03 Å². The summed E-state index contributed by atoms with van der Waals surface area (Å²) in [4.78, 5) is 0. The molecule has 0 aromatic heterocycles. The molecule has 12 heavy (non-hydrogen) atoms. The van der Waals surface area contributed by atoms with Crippen LogP contribution in [0.2, 0.25) is 0 Å². The van der Waals surface area contributed by atoms with Gasteiger partial charge < -0.3 is 0 Å². The molecule has 0 N–H and O–H groups in total. The molecule has 0 fully saturated rings. The summed E-state index contributed by atoms with van der Waals surface area (Å²) >= 11 is 9.56. The van der Waals surface area contributed by atoms with Gasteiger partial charge in [-0.25, -0.2) is 0 Å². The zero-order valence-corrected chi connectivity index (χ0v) is 7.16. The van der Waals surface area contributed by atoms with E-state index in [0.717, 1.165) is 6.92 Å². The highest BCUT2D eigenvalue weighted by Crippen LogP contribution is 2.44. The summed E-state index contributed by atoms with van der Waals surface area (Å²) in [5.74, 6) is -5.07. The van der Waals surface area contributed by atoms with Gasteiger partial charge in [0.1, 0.15) is 5.03 Å². The van der Waals surface area contributed by atoms with Gasteiger partial charge >= 0.3 is 12.1 Å². The van der Waals surface area contributed by atoms with Crippen LogP contribution in [-0.4, -0.2) is 12.1 Å². The van der Waals surface area contributed by atoms with Crippen LogP contribution in [0, 0.1) is 0 Å². The maximum atomic E-state index is 12.2. The molecular formula is C5H3Cl2F5. The first kappa shape index (κ1) is 12.0. The van der Waals surface area contributed by atoms with Gasteiger partial charge in [-0.1, -0.05) is 23.2 Å². The third kappa shape index (κ3) is 2.23. The molecule has 0 aromatic rings. The molecule has 0 saturated heterocycles. The first-order valence-corrected chi connectivity index (χ1v) is 3.33. The zero-order valence-electron chi connectivity index (χ0n) is 5.65. The molecule has 0 aromatic carbocycles. The molecule has 0 amide bonds. The highest BCUT2D eigenvalue weighted by molar-refractivity contribution is 6.39. The van der Waals surface area contributed by atoms with Gasteiger partial charge in [-0.2, -0.15) is 22.0 Å². The van der Waals surface area contributed by atoms with E-state index in [9.17, 15) is 22.0 Å². The Hall–Kier alpha value is -0.0300. The van der Waals surface area contributed by atoms with Crippen molar-refractivity contribution < 1.29 is 22.0 Å². The van der Waals surface area contributed by atoms with Crippen LogP contribution in [0.3, 0.4) is 0 Å². The summed E-state index contributed by atoms with van der Waals surface area (Å²) in [5.41, 5.74) is 0. The molecule has 0 aliphatic rings. The SMILES string of the molecule is CC(Cl)=C(Cl)C(F)(F)C(F)(F)F. The van der Waals surface area contributed by atoms with E-state index < -0.39 is 22.2 Å². The van der Waals surface area contributed by atoms with Crippen LogP contribution in [0.1, 0.15) is 6.92 Å². The Balaban J connectivity index is 5.01. The van der Waals surface area contributed by atoms with E-state index in [1.54, 1.807) is 0 Å². The standard InChI is InChI=1S/C5H3Cl2F5/c1-2(6)3(7)4(8,9)5(10,11)12/h1H3. The predicted octanol–water partition coefficient (Wildman–Crippen LogP) is 3.89. The second kappa shape index (κ2) is 3.38. The molecule has 0 atom stereocenters. The van der Waals surface area contributed by atoms with Crippen LogP contribution >= 0.6 is 23.2 Å². The first-order chi connectivity index (χ1) is 5.10. The highest BCUT2D eigenvalue weighted by atomic mass is 35.5. The number of halogens is 7. The number of allylic oxidation sites excluding steroid dienone is 2. The molecule has 0 aliphatic heterocycles. The van der Waals surface area contributed by atoms with Crippen LogP contribution in [0.25, 0.3) is 0 Å². The normalized spacial score (nSPS) is 16.0. The third-order valence-corrected chi connectivity index (χ3v) is 1.74. The second-order valence-corrected chi connectivity index (χ2v) is 2.86. The fourth-order valence-corrected chi connectivity index (χ4v) is 0.567. The molecule has 0 spiro atoms. The van der Waals surface area contributed by atoms with E-state index in [4.69, 9.17) is 11.6 Å². The maximum absolute atomic E-state index is 12.2. The zero-order chi connectivity index (χ0) is 10.2. The predicted molar refractivity (Wildman–Crippen MR) is 35.4 cm³/mol. The molecule has 0 rings (SSSR count). The Morgan fingerprint density at radius 3 is 1.42 bits per heavy atom. The van der Waals surface area contributed by atoms with Crippen molar-refractivity contribution in [3.63, 3.8) is 0 Å². The van der Waals surface area contributed by atoms with Crippen molar-refractivity contribution in [2.45, 2.75) is 19.0 Å². The molecule has 0 radical (unpaired) electrons. The molecule has 0 saturated carbocycles. The van der Waals surface area contributed by atoms with E-state index in [1.165, 1.54) is 0 Å². The lowest BCUT2D eigenvalue weighted by molar-refractivity contribution is -0.261. The molecule has 7 heteroatoms. The molecule has 0 heterocycles. The van der Waals surface area contributed by atoms with E-state index in [0.29, 0.717) is 0 Å². The Morgan fingerprint density at radius 1 is 1.00 bits per heavy atom. The summed E-state index contributed by atoms with van der Waals surface area (Å²) < 4.78 is 58.9. The van der Waals surface area contributed by atoms with Gasteiger partial charge in [0.15, 0.2) is 0 Å². The molecule has 0 aliphatic carbocycles. The van der Waals surface area contributed by atoms with Gasteiger partial charge in [-0.3, -0.25) is 0 Å². The average Bonchev–Trinajstić information content (AvgIpc) is 1.83. The van der Waals surface area contributed by atoms with Gasteiger partial charge in [0.05, 0.1) is 0 Å². The van der Waals surface area contributed by atoms with Gasteiger partial charge in [-0.05, 0) is 6.92 Å². The van der Waals surface area contributed by atoms with Crippen molar-refractivity contribution in [2.75, 3.05) is 0 Å². The first-order valence-electron chi connectivity index (χ1n) is 2.57. The molecular weight excluding hydrogens is 226 g/mol. The van der Waals surface area contributed by atoms with Crippen LogP contribution < -0.4 is 0 Å². The minimum Gasteiger partial charge on any atom is -0.190 e. The van der Waals surface area contributed by atoms with Crippen molar-refractivity contribution in [3.05, 3.63) is 10.1 Å². The Morgan fingerprint density at radius 2 is 1.33 bits per heavy atom. The Labute approximate surface area is 74.9 Å². The van der Waals surface area contributed by atoms with Gasteiger partial charge in [-0.15, -0.1) is 0 Å². The van der Waals surface area contributed by atoms with E-state index >= 15 is 0 Å². The summed E-state index contributed by atoms with van der Waals surface area (Å²) in [6, 6.07) is 0. The lowest BCUT2D eigenvalue weighted by atomic mass is 10.3. The van der Waals surface area contributed by atoms with E-state index in [1.807, 2.05) is 0 Å². The van der Waals surface area contributed by atoms with Gasteiger partial charge in [0.25, 0.3) is 0 Å². The van der Waals surface area contributed by atoms with Crippen molar-refractivity contribution in [3.8, 4) is 0 Å². The number of alkyl halides is 5. The molecule has 72 valence electrons. The Bertz CT molecular complexity index is 200. The molecule has 0 bridgehead atoms. The fourth-order valence-electron chi connectivity index (χ4n) is 0.341. The van der Waals surface area contributed by atoms with E-state index in [2.05, 4.69) is 11.6 Å². The molecule has 0 unspecified atom stereocenters. The smallest absolute Gasteiger partial charge is 0.190 e. The summed E-state index contributed by atoms with van der Waals surface area (Å²) in [5, 5.41) is -2.48. The van der Waals surface area contributed by atoms with Crippen molar-refractivity contribution in [1.82, 2.24) is 0 Å². The quantitative estimate of drug-likeness (QED) is 0.598. The lowest BCUT2D eigenvalue weighted by Crippen LogP contribution is -2.37.